The number of carbonyl (C=O) groups excluding carboxylic acids is 1. The highest BCUT2D eigenvalue weighted by Crippen LogP contribution is 2.24. The first kappa shape index (κ1) is 12.8. The van der Waals surface area contributed by atoms with E-state index in [2.05, 4.69) is 10.6 Å². The van der Waals surface area contributed by atoms with Crippen LogP contribution < -0.4 is 15.8 Å². The lowest BCUT2D eigenvalue weighted by Crippen LogP contribution is -2.41. The zero-order valence-electron chi connectivity index (χ0n) is 9.72. The van der Waals surface area contributed by atoms with Crippen LogP contribution in [-0.2, 0) is 21.2 Å². The number of sulfonamides is 1. The van der Waals surface area contributed by atoms with E-state index < -0.39 is 10.0 Å². The Morgan fingerprint density at radius 2 is 2.17 bits per heavy atom. The van der Waals surface area contributed by atoms with E-state index >= 15 is 0 Å². The molecule has 1 amide bonds. The van der Waals surface area contributed by atoms with Gasteiger partial charge in [0.2, 0.25) is 15.9 Å². The van der Waals surface area contributed by atoms with Crippen molar-refractivity contribution in [2.45, 2.75) is 12.5 Å². The molecule has 0 saturated heterocycles. The van der Waals surface area contributed by atoms with Gasteiger partial charge in [-0.1, -0.05) is 18.2 Å². The van der Waals surface area contributed by atoms with Crippen molar-refractivity contribution in [2.24, 2.45) is 5.14 Å². The minimum Gasteiger partial charge on any atom is -0.373 e. The molecule has 0 aromatic heterocycles. The summed E-state index contributed by atoms with van der Waals surface area (Å²) < 4.78 is 21.4. The number of nitrogens with two attached hydrogens (primary N) is 1. The van der Waals surface area contributed by atoms with E-state index in [1.54, 1.807) is 0 Å². The average Bonchev–Trinajstić information content (AvgIpc) is 2.70. The van der Waals surface area contributed by atoms with E-state index in [1.807, 2.05) is 24.3 Å². The third-order valence-electron chi connectivity index (χ3n) is 2.77. The van der Waals surface area contributed by atoms with E-state index in [9.17, 15) is 13.2 Å². The van der Waals surface area contributed by atoms with Gasteiger partial charge in [0.15, 0.2) is 0 Å². The molecule has 1 aliphatic rings. The maximum atomic E-state index is 11.8. The molecule has 1 aliphatic heterocycles. The molecule has 0 fully saturated rings. The van der Waals surface area contributed by atoms with Crippen molar-refractivity contribution in [3.05, 3.63) is 29.8 Å². The summed E-state index contributed by atoms with van der Waals surface area (Å²) in [5.41, 5.74) is 2.04. The van der Waals surface area contributed by atoms with Crippen LogP contribution in [0.1, 0.15) is 5.56 Å². The zero-order chi connectivity index (χ0) is 13.2. The molecule has 0 saturated carbocycles. The Labute approximate surface area is 106 Å². The van der Waals surface area contributed by atoms with Gasteiger partial charge in [-0.25, -0.2) is 13.6 Å². The van der Waals surface area contributed by atoms with Crippen molar-refractivity contribution >= 4 is 21.6 Å². The predicted molar refractivity (Wildman–Crippen MR) is 68.5 cm³/mol. The lowest BCUT2D eigenvalue weighted by molar-refractivity contribution is -0.121. The number of amides is 1. The number of anilines is 1. The molecule has 98 valence electrons. The minimum atomic E-state index is -3.53. The van der Waals surface area contributed by atoms with Gasteiger partial charge in [-0.15, -0.1) is 0 Å². The number of hydrogen-bond acceptors (Lipinski definition) is 4. The van der Waals surface area contributed by atoms with E-state index in [0.29, 0.717) is 6.42 Å². The fraction of sp³-hybridized carbons (Fsp3) is 0.364. The van der Waals surface area contributed by atoms with Crippen molar-refractivity contribution in [1.29, 1.82) is 0 Å². The number of para-hydroxylation sites is 1. The summed E-state index contributed by atoms with van der Waals surface area (Å²) >= 11 is 0. The van der Waals surface area contributed by atoms with Crippen LogP contribution in [0.5, 0.6) is 0 Å². The minimum absolute atomic E-state index is 0.0339. The van der Waals surface area contributed by atoms with Gasteiger partial charge in [-0.05, 0) is 11.6 Å². The van der Waals surface area contributed by atoms with Gasteiger partial charge in [0.05, 0.1) is 5.75 Å². The Balaban J connectivity index is 1.86. The van der Waals surface area contributed by atoms with Gasteiger partial charge < -0.3 is 10.6 Å². The molecule has 1 heterocycles. The molecule has 0 aliphatic carbocycles. The van der Waals surface area contributed by atoms with Gasteiger partial charge in [-0.3, -0.25) is 4.79 Å². The Bertz CT molecular complexity index is 531. The topological polar surface area (TPSA) is 101 Å². The molecule has 0 spiro atoms. The molecule has 1 aromatic rings. The molecule has 0 bridgehead atoms. The fourth-order valence-corrected chi connectivity index (χ4v) is 2.28. The van der Waals surface area contributed by atoms with Gasteiger partial charge in [0, 0.05) is 18.7 Å². The van der Waals surface area contributed by atoms with E-state index in [-0.39, 0.29) is 24.2 Å². The number of hydrogen-bond donors (Lipinski definition) is 3. The Morgan fingerprint density at radius 1 is 1.44 bits per heavy atom. The van der Waals surface area contributed by atoms with Crippen LogP contribution in [0.15, 0.2) is 24.3 Å². The summed E-state index contributed by atoms with van der Waals surface area (Å²) in [5.74, 6) is -0.465. The second-order valence-corrected chi connectivity index (χ2v) is 5.95. The Hall–Kier alpha value is -1.60. The largest absolute Gasteiger partial charge is 0.373 e. The number of nitrogens with one attached hydrogen (secondary N) is 2. The van der Waals surface area contributed by atoms with Crippen molar-refractivity contribution in [2.75, 3.05) is 17.6 Å². The zero-order valence-corrected chi connectivity index (χ0v) is 10.5. The second kappa shape index (κ2) is 4.95. The van der Waals surface area contributed by atoms with Crippen molar-refractivity contribution in [3.8, 4) is 0 Å². The smallest absolute Gasteiger partial charge is 0.242 e. The van der Waals surface area contributed by atoms with Crippen LogP contribution in [0.2, 0.25) is 0 Å². The van der Waals surface area contributed by atoms with Crippen LogP contribution in [0.3, 0.4) is 0 Å². The molecular formula is C11H15N3O3S. The highest BCUT2D eigenvalue weighted by Gasteiger charge is 2.25. The third kappa shape index (κ3) is 3.21. The molecule has 4 N–H and O–H groups in total. The summed E-state index contributed by atoms with van der Waals surface area (Å²) in [5, 5.41) is 10.5. The molecule has 18 heavy (non-hydrogen) atoms. The molecule has 0 unspecified atom stereocenters. The number of benzene rings is 1. The van der Waals surface area contributed by atoms with E-state index in [4.69, 9.17) is 5.14 Å². The van der Waals surface area contributed by atoms with E-state index in [0.717, 1.165) is 11.3 Å². The van der Waals surface area contributed by atoms with Gasteiger partial charge in [0.25, 0.3) is 0 Å². The molecule has 7 heteroatoms. The summed E-state index contributed by atoms with van der Waals surface area (Å²) in [6.07, 6.45) is 0.609. The van der Waals surface area contributed by atoms with Crippen molar-refractivity contribution in [3.63, 3.8) is 0 Å². The fourth-order valence-electron chi connectivity index (χ4n) is 1.90. The standard InChI is InChI=1S/C11H15N3O3S/c12-18(16,17)6-5-13-11(15)10-7-8-3-1-2-4-9(8)14-10/h1-4,10,14H,5-7H2,(H,13,15)(H2,12,16,17)/t10-/m0/s1. The maximum Gasteiger partial charge on any atom is 0.242 e. The van der Waals surface area contributed by atoms with Crippen LogP contribution in [0, 0.1) is 0 Å². The van der Waals surface area contributed by atoms with E-state index in [1.165, 1.54) is 0 Å². The van der Waals surface area contributed by atoms with Crippen LogP contribution in [0.4, 0.5) is 5.69 Å². The van der Waals surface area contributed by atoms with Crippen LogP contribution in [0.25, 0.3) is 0 Å². The first-order valence-electron chi connectivity index (χ1n) is 5.58. The van der Waals surface area contributed by atoms with Crippen LogP contribution >= 0.6 is 0 Å². The molecule has 6 nitrogen and oxygen atoms in total. The third-order valence-corrected chi connectivity index (χ3v) is 3.55. The summed E-state index contributed by atoms with van der Waals surface area (Å²) in [4.78, 5) is 11.8. The summed E-state index contributed by atoms with van der Waals surface area (Å²) in [6, 6.07) is 7.34. The molecule has 2 rings (SSSR count). The number of primary sulfonamides is 1. The molecular weight excluding hydrogens is 254 g/mol. The van der Waals surface area contributed by atoms with Gasteiger partial charge in [-0.2, -0.15) is 0 Å². The lowest BCUT2D eigenvalue weighted by Gasteiger charge is -2.11. The van der Waals surface area contributed by atoms with Crippen molar-refractivity contribution < 1.29 is 13.2 Å². The highest BCUT2D eigenvalue weighted by molar-refractivity contribution is 7.89. The monoisotopic (exact) mass is 269 g/mol. The number of fused-ring (bicyclic) bond motifs is 1. The van der Waals surface area contributed by atoms with Gasteiger partial charge >= 0.3 is 0 Å². The van der Waals surface area contributed by atoms with Crippen LogP contribution in [-0.4, -0.2) is 32.7 Å². The summed E-state index contributed by atoms with van der Waals surface area (Å²) in [7, 11) is -3.53. The second-order valence-electron chi connectivity index (χ2n) is 4.22. The molecule has 1 atom stereocenters. The predicted octanol–water partition coefficient (Wildman–Crippen LogP) is -0.572. The maximum absolute atomic E-state index is 11.8. The Kier molecular flexibility index (Phi) is 3.53. The molecule has 1 aromatic carbocycles. The number of carbonyl (C=O) groups is 1. The molecule has 0 radical (unpaired) electrons. The van der Waals surface area contributed by atoms with Crippen molar-refractivity contribution in [1.82, 2.24) is 5.32 Å². The number of rotatable bonds is 4. The first-order chi connectivity index (χ1) is 8.46. The average molecular weight is 269 g/mol. The quantitative estimate of drug-likeness (QED) is 0.681. The lowest BCUT2D eigenvalue weighted by atomic mass is 10.1. The SMILES string of the molecule is NS(=O)(=O)CCNC(=O)[C@@H]1Cc2ccccc2N1. The normalized spacial score (nSPS) is 17.9. The Morgan fingerprint density at radius 3 is 2.83 bits per heavy atom. The van der Waals surface area contributed by atoms with Gasteiger partial charge in [0.1, 0.15) is 6.04 Å². The first-order valence-corrected chi connectivity index (χ1v) is 7.30. The highest BCUT2D eigenvalue weighted by atomic mass is 32.2. The summed E-state index contributed by atoms with van der Waals surface area (Å²) in [6.45, 7) is 0.0339.